The fraction of sp³-hybridized carbons (Fsp3) is 0.150. The number of aromatic nitrogens is 1. The summed E-state index contributed by atoms with van der Waals surface area (Å²) in [6.45, 7) is 0. The lowest BCUT2D eigenvalue weighted by molar-refractivity contribution is -0.116. The highest BCUT2D eigenvalue weighted by atomic mass is 79.9. The molecule has 138 valence electrons. The molecule has 1 heterocycles. The number of aryl methyl sites for hydroxylation is 1. The number of amides is 1. The number of esters is 1. The lowest BCUT2D eigenvalue weighted by Crippen LogP contribution is -2.12. The van der Waals surface area contributed by atoms with Crippen molar-refractivity contribution in [2.75, 3.05) is 12.4 Å². The monoisotopic (exact) mass is 428 g/mol. The Morgan fingerprint density at radius 2 is 1.96 bits per heavy atom. The largest absolute Gasteiger partial charge is 0.465 e. The minimum atomic E-state index is -0.418. The topological polar surface area (TPSA) is 81.4 Å². The lowest BCUT2D eigenvalue weighted by Gasteiger charge is -2.05. The fourth-order valence-corrected chi connectivity index (χ4v) is 2.85. The number of oxazole rings is 1. The zero-order chi connectivity index (χ0) is 19.2. The zero-order valence-corrected chi connectivity index (χ0v) is 16.2. The number of carbonyl (C=O) groups excluding carboxylic acids is 2. The maximum Gasteiger partial charge on any atom is 0.337 e. The molecule has 27 heavy (non-hydrogen) atoms. The number of carbonyl (C=O) groups is 2. The Bertz CT molecular complexity index is 951. The van der Waals surface area contributed by atoms with Crippen LogP contribution in [0, 0.1) is 0 Å². The summed E-state index contributed by atoms with van der Waals surface area (Å²) in [7, 11) is 1.32. The number of benzene rings is 2. The van der Waals surface area contributed by atoms with Crippen LogP contribution < -0.4 is 5.32 Å². The molecule has 3 aromatic rings. The third-order valence-electron chi connectivity index (χ3n) is 3.82. The quantitative estimate of drug-likeness (QED) is 0.585. The van der Waals surface area contributed by atoms with Crippen molar-refractivity contribution in [3.8, 4) is 11.3 Å². The Hall–Kier alpha value is -2.93. The molecule has 1 N–H and O–H groups in total. The summed E-state index contributed by atoms with van der Waals surface area (Å²) in [4.78, 5) is 27.7. The van der Waals surface area contributed by atoms with E-state index in [9.17, 15) is 9.59 Å². The van der Waals surface area contributed by atoms with Gasteiger partial charge in [0.25, 0.3) is 0 Å². The molecule has 0 atom stereocenters. The lowest BCUT2D eigenvalue weighted by atomic mass is 10.2. The van der Waals surface area contributed by atoms with Crippen LogP contribution in [0.25, 0.3) is 11.3 Å². The van der Waals surface area contributed by atoms with Crippen LogP contribution in [0.15, 0.2) is 63.6 Å². The molecule has 0 fully saturated rings. The van der Waals surface area contributed by atoms with E-state index in [0.717, 1.165) is 10.0 Å². The number of rotatable bonds is 6. The highest BCUT2D eigenvalue weighted by molar-refractivity contribution is 9.10. The van der Waals surface area contributed by atoms with Crippen molar-refractivity contribution in [1.29, 1.82) is 0 Å². The third kappa shape index (κ3) is 5.04. The van der Waals surface area contributed by atoms with Gasteiger partial charge < -0.3 is 14.5 Å². The van der Waals surface area contributed by atoms with Gasteiger partial charge in [0.15, 0.2) is 11.7 Å². The number of hydrogen-bond acceptors (Lipinski definition) is 5. The predicted molar refractivity (Wildman–Crippen MR) is 104 cm³/mol. The number of ether oxygens (including phenoxy) is 1. The fourth-order valence-electron chi connectivity index (χ4n) is 2.45. The van der Waals surface area contributed by atoms with E-state index in [-0.39, 0.29) is 12.3 Å². The summed E-state index contributed by atoms with van der Waals surface area (Å²) in [5.74, 6) is 0.576. The molecule has 0 radical (unpaired) electrons. The van der Waals surface area contributed by atoms with Gasteiger partial charge in [-0.2, -0.15) is 0 Å². The molecule has 0 saturated carbocycles. The van der Waals surface area contributed by atoms with Crippen molar-refractivity contribution in [2.45, 2.75) is 12.8 Å². The van der Waals surface area contributed by atoms with Gasteiger partial charge in [0.1, 0.15) is 0 Å². The van der Waals surface area contributed by atoms with Crippen LogP contribution >= 0.6 is 15.9 Å². The molecule has 0 saturated heterocycles. The van der Waals surface area contributed by atoms with Gasteiger partial charge >= 0.3 is 5.97 Å². The Morgan fingerprint density at radius 1 is 1.19 bits per heavy atom. The summed E-state index contributed by atoms with van der Waals surface area (Å²) < 4.78 is 11.3. The van der Waals surface area contributed by atoms with Crippen LogP contribution in [0.5, 0.6) is 0 Å². The summed E-state index contributed by atoms with van der Waals surface area (Å²) in [5, 5.41) is 2.78. The molecule has 1 aromatic heterocycles. The van der Waals surface area contributed by atoms with Crippen LogP contribution in [0.3, 0.4) is 0 Å². The second-order valence-corrected chi connectivity index (χ2v) is 6.66. The predicted octanol–water partition coefficient (Wildman–Crippen LogP) is 4.46. The molecule has 0 spiro atoms. The molecule has 7 heteroatoms. The third-order valence-corrected chi connectivity index (χ3v) is 4.31. The van der Waals surface area contributed by atoms with Gasteiger partial charge in [0, 0.05) is 28.6 Å². The van der Waals surface area contributed by atoms with Gasteiger partial charge in [0.05, 0.1) is 18.9 Å². The number of halogens is 1. The average Bonchev–Trinajstić information content (AvgIpc) is 3.15. The summed E-state index contributed by atoms with van der Waals surface area (Å²) in [6, 6.07) is 14.2. The highest BCUT2D eigenvalue weighted by Crippen LogP contribution is 2.24. The first-order valence-corrected chi connectivity index (χ1v) is 9.03. The Kier molecular flexibility index (Phi) is 6.03. The maximum absolute atomic E-state index is 12.1. The van der Waals surface area contributed by atoms with Gasteiger partial charge in [-0.3, -0.25) is 4.79 Å². The first-order chi connectivity index (χ1) is 13.0. The summed E-state index contributed by atoms with van der Waals surface area (Å²) >= 11 is 3.42. The van der Waals surface area contributed by atoms with Crippen LogP contribution in [0.4, 0.5) is 5.69 Å². The zero-order valence-electron chi connectivity index (χ0n) is 14.6. The Labute approximate surface area is 164 Å². The van der Waals surface area contributed by atoms with Crippen molar-refractivity contribution < 1.29 is 18.7 Å². The van der Waals surface area contributed by atoms with Crippen LogP contribution in [-0.4, -0.2) is 24.0 Å². The molecule has 1 amide bonds. The van der Waals surface area contributed by atoms with Crippen molar-refractivity contribution in [1.82, 2.24) is 4.98 Å². The molecule has 0 unspecified atom stereocenters. The van der Waals surface area contributed by atoms with Crippen molar-refractivity contribution in [3.63, 3.8) is 0 Å². The van der Waals surface area contributed by atoms with Gasteiger partial charge in [-0.05, 0) is 36.4 Å². The Balaban J connectivity index is 1.54. The van der Waals surface area contributed by atoms with E-state index in [2.05, 4.69) is 31.0 Å². The molecule has 0 aliphatic rings. The Morgan fingerprint density at radius 3 is 2.67 bits per heavy atom. The molecular weight excluding hydrogens is 412 g/mol. The van der Waals surface area contributed by atoms with Gasteiger partial charge in [-0.15, -0.1) is 0 Å². The molecule has 6 nitrogen and oxygen atoms in total. The summed E-state index contributed by atoms with van der Waals surface area (Å²) in [6.07, 6.45) is 2.28. The number of methoxy groups -OCH3 is 1. The smallest absolute Gasteiger partial charge is 0.337 e. The van der Waals surface area contributed by atoms with Crippen LogP contribution in [0.1, 0.15) is 22.7 Å². The van der Waals surface area contributed by atoms with Crippen LogP contribution in [-0.2, 0) is 16.0 Å². The van der Waals surface area contributed by atoms with Gasteiger partial charge in [0.2, 0.25) is 5.91 Å². The standard InChI is InChI=1S/C20H17BrN2O4/c1-26-20(25)13-5-7-16(8-6-13)23-18(24)9-10-19-22-12-17(27-19)14-3-2-4-15(21)11-14/h2-8,11-12H,9-10H2,1H3,(H,23,24). The van der Waals surface area contributed by atoms with E-state index in [1.807, 2.05) is 24.3 Å². The number of anilines is 1. The minimum Gasteiger partial charge on any atom is -0.465 e. The molecule has 0 aliphatic heterocycles. The van der Waals surface area contributed by atoms with E-state index < -0.39 is 5.97 Å². The maximum atomic E-state index is 12.1. The SMILES string of the molecule is COC(=O)c1ccc(NC(=O)CCc2ncc(-c3cccc(Br)c3)o2)cc1. The number of hydrogen-bond donors (Lipinski definition) is 1. The minimum absolute atomic E-state index is 0.164. The van der Waals surface area contributed by atoms with Crippen molar-refractivity contribution in [3.05, 3.63) is 70.7 Å². The highest BCUT2D eigenvalue weighted by Gasteiger charge is 2.10. The van der Waals surface area contributed by atoms with Crippen molar-refractivity contribution >= 4 is 33.5 Å². The first kappa shape index (κ1) is 18.8. The molecule has 2 aromatic carbocycles. The van der Waals surface area contributed by atoms with E-state index in [4.69, 9.17) is 4.42 Å². The van der Waals surface area contributed by atoms with E-state index in [1.165, 1.54) is 7.11 Å². The molecule has 0 aliphatic carbocycles. The molecule has 3 rings (SSSR count). The second-order valence-electron chi connectivity index (χ2n) is 5.75. The van der Waals surface area contributed by atoms with E-state index in [1.54, 1.807) is 30.5 Å². The molecular formula is C20H17BrN2O4. The second kappa shape index (κ2) is 8.64. The van der Waals surface area contributed by atoms with Crippen LogP contribution in [0.2, 0.25) is 0 Å². The van der Waals surface area contributed by atoms with E-state index >= 15 is 0 Å². The summed E-state index contributed by atoms with van der Waals surface area (Å²) in [5.41, 5.74) is 1.95. The first-order valence-electron chi connectivity index (χ1n) is 8.24. The molecule has 0 bridgehead atoms. The van der Waals surface area contributed by atoms with E-state index in [0.29, 0.717) is 29.3 Å². The van der Waals surface area contributed by atoms with Gasteiger partial charge in [-0.25, -0.2) is 9.78 Å². The van der Waals surface area contributed by atoms with Gasteiger partial charge in [-0.1, -0.05) is 28.1 Å². The van der Waals surface area contributed by atoms with Crippen molar-refractivity contribution in [2.24, 2.45) is 0 Å². The average molecular weight is 429 g/mol. The number of nitrogens with one attached hydrogen (secondary N) is 1. The normalized spacial score (nSPS) is 10.4. The number of nitrogens with zero attached hydrogens (tertiary/aromatic N) is 1.